The van der Waals surface area contributed by atoms with Gasteiger partial charge in [0.1, 0.15) is 5.75 Å². The maximum Gasteiger partial charge on any atom is 0.258 e. The number of rotatable bonds is 4. The summed E-state index contributed by atoms with van der Waals surface area (Å²) in [5.74, 6) is 0.538. The van der Waals surface area contributed by atoms with Gasteiger partial charge in [-0.25, -0.2) is 0 Å². The Morgan fingerprint density at radius 2 is 1.79 bits per heavy atom. The van der Waals surface area contributed by atoms with Crippen LogP contribution in [0.3, 0.4) is 0 Å². The third-order valence-electron chi connectivity index (χ3n) is 5.95. The molecule has 3 aromatic rings. The van der Waals surface area contributed by atoms with Crippen LogP contribution in [0.15, 0.2) is 71.2 Å². The molecule has 0 saturated carbocycles. The largest absolute Gasteiger partial charge is 0.497 e. The van der Waals surface area contributed by atoms with E-state index in [2.05, 4.69) is 15.9 Å². The zero-order valence-corrected chi connectivity index (χ0v) is 20.9. The fraction of sp³-hybridized carbons (Fsp3) is 0.231. The van der Waals surface area contributed by atoms with Crippen LogP contribution in [0.2, 0.25) is 5.02 Å². The number of para-hydroxylation sites is 1. The van der Waals surface area contributed by atoms with Gasteiger partial charge in [-0.3, -0.25) is 9.59 Å². The summed E-state index contributed by atoms with van der Waals surface area (Å²) >= 11 is 9.65. The average molecular weight is 528 g/mol. The third-order valence-corrected chi connectivity index (χ3v) is 7.16. The number of ether oxygens (including phenoxy) is 1. The molecule has 170 valence electrons. The first-order valence-corrected chi connectivity index (χ1v) is 11.8. The smallest absolute Gasteiger partial charge is 0.258 e. The molecule has 7 heteroatoms. The highest BCUT2D eigenvalue weighted by Crippen LogP contribution is 2.43. The highest BCUT2D eigenvalue weighted by molar-refractivity contribution is 9.10. The number of carbonyl (C=O) groups excluding carboxylic acids is 2. The minimum Gasteiger partial charge on any atom is -0.497 e. The fourth-order valence-electron chi connectivity index (χ4n) is 4.42. The zero-order valence-electron chi connectivity index (χ0n) is 18.6. The molecule has 5 nitrogen and oxygen atoms in total. The van der Waals surface area contributed by atoms with E-state index in [0.29, 0.717) is 22.8 Å². The third kappa shape index (κ3) is 4.50. The second kappa shape index (κ2) is 9.57. The lowest BCUT2D eigenvalue weighted by molar-refractivity contribution is -0.117. The first-order valence-electron chi connectivity index (χ1n) is 10.6. The van der Waals surface area contributed by atoms with Gasteiger partial charge in [0.25, 0.3) is 5.91 Å². The van der Waals surface area contributed by atoms with Gasteiger partial charge in [0, 0.05) is 34.4 Å². The summed E-state index contributed by atoms with van der Waals surface area (Å²) in [5, 5.41) is 0.580. The predicted molar refractivity (Wildman–Crippen MR) is 135 cm³/mol. The molecular weight excluding hydrogens is 504 g/mol. The van der Waals surface area contributed by atoms with Gasteiger partial charge in [-0.05, 0) is 83.4 Å². The Labute approximate surface area is 207 Å². The summed E-state index contributed by atoms with van der Waals surface area (Å²) in [5.41, 5.74) is 3.07. The number of hydrogen-bond acceptors (Lipinski definition) is 3. The fourth-order valence-corrected chi connectivity index (χ4v) is 4.91. The van der Waals surface area contributed by atoms with E-state index < -0.39 is 0 Å². The SMILES string of the molecule is COc1ccc(C(=O)N2c3ccccc3[C@H](N(C(C)=O)c3ccc(Cl)c(Br)c3)C[C@@H]2C)cc1. The first kappa shape index (κ1) is 23.3. The second-order valence-electron chi connectivity index (χ2n) is 8.05. The molecule has 0 N–H and O–H groups in total. The monoisotopic (exact) mass is 526 g/mol. The topological polar surface area (TPSA) is 49.9 Å². The summed E-state index contributed by atoms with van der Waals surface area (Å²) in [6, 6.07) is 20.0. The van der Waals surface area contributed by atoms with Crippen LogP contribution in [0.5, 0.6) is 5.75 Å². The van der Waals surface area contributed by atoms with E-state index >= 15 is 0 Å². The van der Waals surface area contributed by atoms with Gasteiger partial charge >= 0.3 is 0 Å². The van der Waals surface area contributed by atoms with Crippen molar-refractivity contribution in [3.8, 4) is 5.75 Å². The van der Waals surface area contributed by atoms with Crippen LogP contribution in [0.1, 0.15) is 42.2 Å². The van der Waals surface area contributed by atoms with Gasteiger partial charge in [-0.1, -0.05) is 29.8 Å². The number of halogens is 2. The van der Waals surface area contributed by atoms with E-state index in [-0.39, 0.29) is 23.9 Å². The number of nitrogens with zero attached hydrogens (tertiary/aromatic N) is 2. The molecule has 4 rings (SSSR count). The maximum absolute atomic E-state index is 13.5. The molecule has 0 spiro atoms. The van der Waals surface area contributed by atoms with Gasteiger partial charge in [0.05, 0.1) is 18.2 Å². The zero-order chi connectivity index (χ0) is 23.7. The lowest BCUT2D eigenvalue weighted by Crippen LogP contribution is -2.47. The van der Waals surface area contributed by atoms with Crippen molar-refractivity contribution in [2.75, 3.05) is 16.9 Å². The van der Waals surface area contributed by atoms with Crippen LogP contribution in [0.25, 0.3) is 0 Å². The average Bonchev–Trinajstić information content (AvgIpc) is 2.81. The van der Waals surface area contributed by atoms with Crippen molar-refractivity contribution in [3.63, 3.8) is 0 Å². The van der Waals surface area contributed by atoms with Gasteiger partial charge in [0.2, 0.25) is 5.91 Å². The van der Waals surface area contributed by atoms with Crippen LogP contribution < -0.4 is 14.5 Å². The summed E-state index contributed by atoms with van der Waals surface area (Å²) in [7, 11) is 1.60. The molecule has 2 amide bonds. The molecule has 0 radical (unpaired) electrons. The number of methoxy groups -OCH3 is 1. The molecule has 0 unspecified atom stereocenters. The Balaban J connectivity index is 1.76. The van der Waals surface area contributed by atoms with Gasteiger partial charge < -0.3 is 14.5 Å². The van der Waals surface area contributed by atoms with Crippen molar-refractivity contribution in [2.45, 2.75) is 32.4 Å². The van der Waals surface area contributed by atoms with Crippen molar-refractivity contribution in [1.82, 2.24) is 0 Å². The lowest BCUT2D eigenvalue weighted by atomic mass is 9.89. The van der Waals surface area contributed by atoms with Crippen molar-refractivity contribution < 1.29 is 14.3 Å². The van der Waals surface area contributed by atoms with Gasteiger partial charge in [0.15, 0.2) is 0 Å². The second-order valence-corrected chi connectivity index (χ2v) is 9.31. The molecule has 33 heavy (non-hydrogen) atoms. The summed E-state index contributed by atoms with van der Waals surface area (Å²) in [4.78, 5) is 30.0. The van der Waals surface area contributed by atoms with Crippen molar-refractivity contribution >= 4 is 50.7 Å². The Hall–Kier alpha value is -2.83. The number of anilines is 2. The Bertz CT molecular complexity index is 1200. The number of fused-ring (bicyclic) bond motifs is 1. The highest BCUT2D eigenvalue weighted by atomic mass is 79.9. The first-order chi connectivity index (χ1) is 15.8. The van der Waals surface area contributed by atoms with Gasteiger partial charge in [-0.2, -0.15) is 0 Å². The highest BCUT2D eigenvalue weighted by Gasteiger charge is 2.38. The molecule has 1 heterocycles. The molecule has 0 fully saturated rings. The minimum atomic E-state index is -0.221. The van der Waals surface area contributed by atoms with E-state index in [1.54, 1.807) is 49.3 Å². The number of amides is 2. The number of hydrogen-bond donors (Lipinski definition) is 0. The minimum absolute atomic E-state index is 0.0776. The van der Waals surface area contributed by atoms with Crippen LogP contribution in [0, 0.1) is 0 Å². The van der Waals surface area contributed by atoms with Crippen molar-refractivity contribution in [3.05, 3.63) is 87.4 Å². The summed E-state index contributed by atoms with van der Waals surface area (Å²) < 4.78 is 5.94. The van der Waals surface area contributed by atoms with E-state index in [1.165, 1.54) is 0 Å². The Kier molecular flexibility index (Phi) is 6.77. The van der Waals surface area contributed by atoms with Crippen molar-refractivity contribution in [1.29, 1.82) is 0 Å². The molecular formula is C26H24BrClN2O3. The van der Waals surface area contributed by atoms with Crippen LogP contribution in [0.4, 0.5) is 11.4 Å². The molecule has 0 bridgehead atoms. The number of benzene rings is 3. The summed E-state index contributed by atoms with van der Waals surface area (Å²) in [6.45, 7) is 3.57. The Morgan fingerprint density at radius 1 is 1.09 bits per heavy atom. The molecule has 0 aromatic heterocycles. The van der Waals surface area contributed by atoms with Crippen LogP contribution in [-0.2, 0) is 4.79 Å². The summed E-state index contributed by atoms with van der Waals surface area (Å²) in [6.07, 6.45) is 0.596. The van der Waals surface area contributed by atoms with E-state index in [0.717, 1.165) is 21.4 Å². The van der Waals surface area contributed by atoms with Crippen molar-refractivity contribution in [2.24, 2.45) is 0 Å². The van der Waals surface area contributed by atoms with E-state index in [1.807, 2.05) is 48.2 Å². The standard InChI is InChI=1S/C26H24BrClN2O3/c1-16-14-25(30(17(2)31)19-10-13-23(28)22(27)15-19)21-6-4-5-7-24(21)29(16)26(32)18-8-11-20(33-3)12-9-18/h4-13,15-16,25H,14H2,1-3H3/t16-,25+/m0/s1. The van der Waals surface area contributed by atoms with E-state index in [4.69, 9.17) is 16.3 Å². The molecule has 3 aromatic carbocycles. The van der Waals surface area contributed by atoms with Crippen LogP contribution in [-0.4, -0.2) is 25.0 Å². The molecule has 1 aliphatic rings. The Morgan fingerprint density at radius 3 is 2.42 bits per heavy atom. The van der Waals surface area contributed by atoms with Gasteiger partial charge in [-0.15, -0.1) is 0 Å². The lowest BCUT2D eigenvalue weighted by Gasteiger charge is -2.43. The van der Waals surface area contributed by atoms with Crippen LogP contribution >= 0.6 is 27.5 Å². The maximum atomic E-state index is 13.5. The molecule has 0 aliphatic carbocycles. The molecule has 0 saturated heterocycles. The molecule has 1 aliphatic heterocycles. The number of carbonyl (C=O) groups is 2. The predicted octanol–water partition coefficient (Wildman–Crippen LogP) is 6.64. The molecule has 2 atom stereocenters. The van der Waals surface area contributed by atoms with E-state index in [9.17, 15) is 9.59 Å². The quantitative estimate of drug-likeness (QED) is 0.382. The normalized spacial score (nSPS) is 17.3.